The number of rotatable bonds is 5. The number of piperazine rings is 1. The predicted octanol–water partition coefficient (Wildman–Crippen LogP) is 2.35. The first kappa shape index (κ1) is 19.2. The van der Waals surface area contributed by atoms with Crippen molar-refractivity contribution in [3.63, 3.8) is 0 Å². The lowest BCUT2D eigenvalue weighted by molar-refractivity contribution is -0.153. The quantitative estimate of drug-likeness (QED) is 0.597. The van der Waals surface area contributed by atoms with Gasteiger partial charge < -0.3 is 9.64 Å². The first-order valence-corrected chi connectivity index (χ1v) is 8.07. The van der Waals surface area contributed by atoms with E-state index in [1.54, 1.807) is 17.9 Å². The van der Waals surface area contributed by atoms with Crippen molar-refractivity contribution in [2.45, 2.75) is 26.1 Å². The monoisotopic (exact) mass is 358 g/mol. The van der Waals surface area contributed by atoms with E-state index in [1.807, 2.05) is 4.90 Å². The molecule has 138 valence electrons. The van der Waals surface area contributed by atoms with Crippen molar-refractivity contribution in [2.24, 2.45) is 0 Å². The number of carbonyl (C=O) groups is 2. The molecule has 0 spiro atoms. The molecule has 0 aliphatic carbocycles. The Kier molecular flexibility index (Phi) is 6.05. The van der Waals surface area contributed by atoms with Crippen LogP contribution >= 0.6 is 0 Å². The van der Waals surface area contributed by atoms with Gasteiger partial charge in [-0.2, -0.15) is 13.2 Å². The smallest absolute Gasteiger partial charge is 0.416 e. The van der Waals surface area contributed by atoms with Gasteiger partial charge in [0, 0.05) is 31.9 Å². The summed E-state index contributed by atoms with van der Waals surface area (Å²) >= 11 is 0. The van der Waals surface area contributed by atoms with Gasteiger partial charge in [0.1, 0.15) is 0 Å². The zero-order chi connectivity index (χ0) is 18.6. The molecule has 1 aliphatic rings. The van der Waals surface area contributed by atoms with Gasteiger partial charge in [0.25, 0.3) is 0 Å². The lowest BCUT2D eigenvalue weighted by Gasteiger charge is -2.38. The second-order valence-electron chi connectivity index (χ2n) is 5.84. The Morgan fingerprint density at radius 2 is 1.84 bits per heavy atom. The van der Waals surface area contributed by atoms with E-state index in [-0.39, 0.29) is 12.4 Å². The Labute approximate surface area is 144 Å². The number of alkyl halides is 3. The fraction of sp³-hybridized carbons (Fsp3) is 0.529. The van der Waals surface area contributed by atoms with E-state index >= 15 is 0 Å². The van der Waals surface area contributed by atoms with Gasteiger partial charge in [-0.3, -0.25) is 9.69 Å². The largest absolute Gasteiger partial charge is 0.464 e. The van der Waals surface area contributed by atoms with E-state index in [4.69, 9.17) is 4.74 Å². The molecule has 0 amide bonds. The minimum absolute atomic E-state index is 0.187. The zero-order valence-corrected chi connectivity index (χ0v) is 14.2. The van der Waals surface area contributed by atoms with E-state index < -0.39 is 23.8 Å². The summed E-state index contributed by atoms with van der Waals surface area (Å²) in [6.07, 6.45) is -4.39. The summed E-state index contributed by atoms with van der Waals surface area (Å²) in [6, 6.07) is 4.19. The molecule has 1 aromatic carbocycles. The van der Waals surface area contributed by atoms with Crippen LogP contribution in [0, 0.1) is 0 Å². The Balaban J connectivity index is 2.06. The molecule has 1 saturated heterocycles. The molecule has 0 N–H and O–H groups in total. The molecule has 2 rings (SSSR count). The Morgan fingerprint density at radius 3 is 2.36 bits per heavy atom. The van der Waals surface area contributed by atoms with Crippen LogP contribution in [0.5, 0.6) is 0 Å². The molecule has 5 nitrogen and oxygen atoms in total. The number of benzene rings is 1. The maximum atomic E-state index is 12.8. The van der Waals surface area contributed by atoms with Crippen LogP contribution in [0.2, 0.25) is 0 Å². The number of carbonyl (C=O) groups excluding carboxylic acids is 2. The summed E-state index contributed by atoms with van der Waals surface area (Å²) in [4.78, 5) is 27.3. The van der Waals surface area contributed by atoms with E-state index in [2.05, 4.69) is 0 Å². The fourth-order valence-corrected chi connectivity index (χ4v) is 2.91. The number of ketones is 1. The predicted molar refractivity (Wildman–Crippen MR) is 86.3 cm³/mol. The molecule has 0 radical (unpaired) electrons. The van der Waals surface area contributed by atoms with Gasteiger partial charge in [-0.25, -0.2) is 4.79 Å². The molecule has 0 aromatic heterocycles. The topological polar surface area (TPSA) is 49.9 Å². The van der Waals surface area contributed by atoms with Gasteiger partial charge >= 0.3 is 12.1 Å². The molecular formula is C17H21F3N2O3. The first-order chi connectivity index (χ1) is 11.7. The van der Waals surface area contributed by atoms with Gasteiger partial charge in [-0.05, 0) is 32.0 Å². The maximum absolute atomic E-state index is 12.8. The number of Topliss-reactive ketones (excluding diaryl/α,β-unsaturated/α-hetero) is 1. The SMILES string of the molecule is CCOC(=O)C(C(C)=O)N1CCN(c2cccc(C(F)(F)F)c2)CC1. The van der Waals surface area contributed by atoms with Crippen LogP contribution in [0.4, 0.5) is 18.9 Å². The second kappa shape index (κ2) is 7.86. The lowest BCUT2D eigenvalue weighted by Crippen LogP contribution is -2.55. The van der Waals surface area contributed by atoms with E-state index in [0.29, 0.717) is 31.9 Å². The summed E-state index contributed by atoms with van der Waals surface area (Å²) in [5, 5.41) is 0. The van der Waals surface area contributed by atoms with Gasteiger partial charge in [0.05, 0.1) is 12.2 Å². The lowest BCUT2D eigenvalue weighted by atomic mass is 10.1. The van der Waals surface area contributed by atoms with Crippen LogP contribution in [0.25, 0.3) is 0 Å². The number of esters is 1. The highest BCUT2D eigenvalue weighted by Crippen LogP contribution is 2.32. The Bertz CT molecular complexity index is 626. The van der Waals surface area contributed by atoms with Crippen LogP contribution in [-0.4, -0.2) is 55.5 Å². The van der Waals surface area contributed by atoms with Crippen LogP contribution in [0.1, 0.15) is 19.4 Å². The normalized spacial score (nSPS) is 17.2. The minimum Gasteiger partial charge on any atom is -0.464 e. The molecular weight excluding hydrogens is 337 g/mol. The number of halogens is 3. The molecule has 8 heteroatoms. The highest BCUT2D eigenvalue weighted by atomic mass is 19.4. The molecule has 1 heterocycles. The third kappa shape index (κ3) is 4.72. The van der Waals surface area contributed by atoms with Crippen molar-refractivity contribution in [1.29, 1.82) is 0 Å². The van der Waals surface area contributed by atoms with Crippen molar-refractivity contribution in [2.75, 3.05) is 37.7 Å². The van der Waals surface area contributed by atoms with Crippen LogP contribution in [0.3, 0.4) is 0 Å². The van der Waals surface area contributed by atoms with Crippen molar-refractivity contribution in [3.05, 3.63) is 29.8 Å². The highest BCUT2D eigenvalue weighted by Gasteiger charge is 2.34. The molecule has 1 fully saturated rings. The highest BCUT2D eigenvalue weighted by molar-refractivity contribution is 6.01. The van der Waals surface area contributed by atoms with E-state index in [9.17, 15) is 22.8 Å². The third-order valence-electron chi connectivity index (χ3n) is 4.11. The number of hydrogen-bond donors (Lipinski definition) is 0. The molecule has 0 bridgehead atoms. The summed E-state index contributed by atoms with van der Waals surface area (Å²) in [5.41, 5.74) is -0.217. The standard InChI is InChI=1S/C17H21F3N2O3/c1-3-25-16(24)15(12(2)23)22-9-7-21(8-10-22)14-6-4-5-13(11-14)17(18,19)20/h4-6,11,15H,3,7-10H2,1-2H3. The third-order valence-corrected chi connectivity index (χ3v) is 4.11. The van der Waals surface area contributed by atoms with Crippen molar-refractivity contribution in [3.8, 4) is 0 Å². The van der Waals surface area contributed by atoms with Gasteiger partial charge in [0.2, 0.25) is 0 Å². The minimum atomic E-state index is -4.39. The molecule has 1 atom stereocenters. The summed E-state index contributed by atoms with van der Waals surface area (Å²) in [6.45, 7) is 4.81. The van der Waals surface area contributed by atoms with Gasteiger partial charge in [0.15, 0.2) is 11.8 Å². The summed E-state index contributed by atoms with van der Waals surface area (Å²) in [7, 11) is 0. The van der Waals surface area contributed by atoms with Crippen LogP contribution in [0.15, 0.2) is 24.3 Å². The first-order valence-electron chi connectivity index (χ1n) is 8.07. The van der Waals surface area contributed by atoms with E-state index in [0.717, 1.165) is 12.1 Å². The number of anilines is 1. The Morgan fingerprint density at radius 1 is 1.20 bits per heavy atom. The van der Waals surface area contributed by atoms with E-state index in [1.165, 1.54) is 13.0 Å². The second-order valence-corrected chi connectivity index (χ2v) is 5.84. The van der Waals surface area contributed by atoms with Gasteiger partial charge in [-0.1, -0.05) is 6.07 Å². The molecule has 25 heavy (non-hydrogen) atoms. The van der Waals surface area contributed by atoms with Crippen LogP contribution < -0.4 is 4.90 Å². The molecule has 0 saturated carbocycles. The molecule has 1 aromatic rings. The number of hydrogen-bond acceptors (Lipinski definition) is 5. The maximum Gasteiger partial charge on any atom is 0.416 e. The van der Waals surface area contributed by atoms with Crippen LogP contribution in [-0.2, 0) is 20.5 Å². The number of nitrogens with zero attached hydrogens (tertiary/aromatic N) is 2. The Hall–Kier alpha value is -2.09. The fourth-order valence-electron chi connectivity index (χ4n) is 2.91. The number of ether oxygens (including phenoxy) is 1. The van der Waals surface area contributed by atoms with Crippen molar-refractivity contribution >= 4 is 17.4 Å². The van der Waals surface area contributed by atoms with Gasteiger partial charge in [-0.15, -0.1) is 0 Å². The molecule has 1 aliphatic heterocycles. The van der Waals surface area contributed by atoms with Crippen molar-refractivity contribution < 1.29 is 27.5 Å². The summed E-state index contributed by atoms with van der Waals surface area (Å²) in [5.74, 6) is -0.881. The average molecular weight is 358 g/mol. The average Bonchev–Trinajstić information content (AvgIpc) is 2.55. The van der Waals surface area contributed by atoms with Crippen molar-refractivity contribution in [1.82, 2.24) is 4.90 Å². The summed E-state index contributed by atoms with van der Waals surface area (Å²) < 4.78 is 43.5. The molecule has 1 unspecified atom stereocenters. The zero-order valence-electron chi connectivity index (χ0n) is 14.2.